The van der Waals surface area contributed by atoms with E-state index >= 15 is 0 Å². The van der Waals surface area contributed by atoms with Crippen molar-refractivity contribution in [3.8, 4) is 0 Å². The van der Waals surface area contributed by atoms with Gasteiger partial charge in [0.25, 0.3) is 0 Å². The molecule has 0 amide bonds. The third-order valence-electron chi connectivity index (χ3n) is 2.86. The van der Waals surface area contributed by atoms with Crippen molar-refractivity contribution >= 4 is 28.3 Å². The molecule has 110 valence electrons. The van der Waals surface area contributed by atoms with Gasteiger partial charge in [0.05, 0.1) is 5.56 Å². The van der Waals surface area contributed by atoms with Gasteiger partial charge in [-0.05, 0) is 23.8 Å². The van der Waals surface area contributed by atoms with Crippen LogP contribution in [0.3, 0.4) is 0 Å². The molecule has 0 fully saturated rings. The number of hydrogen-bond donors (Lipinski definition) is 2. The first-order valence-electron chi connectivity index (χ1n) is 5.32. The Hall–Kier alpha value is -0.300. The molecule has 0 spiro atoms. The lowest BCUT2D eigenvalue weighted by Crippen LogP contribution is -2.32. The SMILES string of the molecule is CC(C)(CO)[C@@H](N)c1cc(Br)cc(C(F)(F)F)c1.Cl. The third kappa shape index (κ3) is 4.63. The summed E-state index contributed by atoms with van der Waals surface area (Å²) in [6.07, 6.45) is -4.42. The molecule has 19 heavy (non-hydrogen) atoms. The first kappa shape index (κ1) is 18.7. The summed E-state index contributed by atoms with van der Waals surface area (Å²) in [5, 5.41) is 9.21. The van der Waals surface area contributed by atoms with Crippen molar-refractivity contribution in [2.75, 3.05) is 6.61 Å². The van der Waals surface area contributed by atoms with Crippen LogP contribution in [0.4, 0.5) is 13.2 Å². The summed E-state index contributed by atoms with van der Waals surface area (Å²) in [6, 6.07) is 2.88. The number of hydrogen-bond acceptors (Lipinski definition) is 2. The van der Waals surface area contributed by atoms with Gasteiger partial charge in [-0.2, -0.15) is 13.2 Å². The van der Waals surface area contributed by atoms with E-state index in [1.807, 2.05) is 0 Å². The maximum absolute atomic E-state index is 12.7. The van der Waals surface area contributed by atoms with Gasteiger partial charge in [-0.15, -0.1) is 12.4 Å². The van der Waals surface area contributed by atoms with Crippen LogP contribution in [0, 0.1) is 5.41 Å². The average Bonchev–Trinajstić information content (AvgIpc) is 2.26. The van der Waals surface area contributed by atoms with E-state index in [2.05, 4.69) is 15.9 Å². The Bertz CT molecular complexity index is 437. The average molecular weight is 363 g/mol. The van der Waals surface area contributed by atoms with Crippen LogP contribution in [-0.2, 0) is 6.18 Å². The largest absolute Gasteiger partial charge is 0.416 e. The quantitative estimate of drug-likeness (QED) is 0.856. The number of alkyl halides is 3. The highest BCUT2D eigenvalue weighted by Gasteiger charge is 2.33. The molecule has 0 aliphatic heterocycles. The zero-order chi connectivity index (χ0) is 14.1. The number of halogens is 5. The van der Waals surface area contributed by atoms with Crippen LogP contribution in [0.2, 0.25) is 0 Å². The predicted molar refractivity (Wildman–Crippen MR) is 74.2 cm³/mol. The second kappa shape index (κ2) is 6.43. The molecule has 0 heterocycles. The van der Waals surface area contributed by atoms with E-state index < -0.39 is 23.2 Å². The van der Waals surface area contributed by atoms with Gasteiger partial charge in [-0.1, -0.05) is 29.8 Å². The summed E-state index contributed by atoms with van der Waals surface area (Å²) in [4.78, 5) is 0. The number of rotatable bonds is 3. The summed E-state index contributed by atoms with van der Waals surface area (Å²) >= 11 is 3.04. The number of nitrogens with two attached hydrogens (primary N) is 1. The number of aliphatic hydroxyl groups is 1. The van der Waals surface area contributed by atoms with Gasteiger partial charge in [-0.25, -0.2) is 0 Å². The highest BCUT2D eigenvalue weighted by molar-refractivity contribution is 9.10. The summed E-state index contributed by atoms with van der Waals surface area (Å²) in [6.45, 7) is 3.19. The number of benzene rings is 1. The van der Waals surface area contributed by atoms with Crippen molar-refractivity contribution in [1.82, 2.24) is 0 Å². The molecule has 3 N–H and O–H groups in total. The molecule has 1 rings (SSSR count). The molecule has 0 radical (unpaired) electrons. The lowest BCUT2D eigenvalue weighted by molar-refractivity contribution is -0.137. The molecule has 0 bridgehead atoms. The second-order valence-corrected chi connectivity index (χ2v) is 5.81. The first-order valence-corrected chi connectivity index (χ1v) is 6.11. The smallest absolute Gasteiger partial charge is 0.396 e. The van der Waals surface area contributed by atoms with E-state index in [1.165, 1.54) is 6.07 Å². The van der Waals surface area contributed by atoms with Crippen molar-refractivity contribution in [2.24, 2.45) is 11.1 Å². The topological polar surface area (TPSA) is 46.2 Å². The van der Waals surface area contributed by atoms with Crippen LogP contribution in [-0.4, -0.2) is 11.7 Å². The minimum absolute atomic E-state index is 0. The first-order chi connectivity index (χ1) is 8.08. The Labute approximate surface area is 124 Å². The summed E-state index contributed by atoms with van der Waals surface area (Å²) < 4.78 is 38.4. The van der Waals surface area contributed by atoms with Gasteiger partial charge in [0.15, 0.2) is 0 Å². The van der Waals surface area contributed by atoms with Crippen LogP contribution >= 0.6 is 28.3 Å². The van der Waals surface area contributed by atoms with E-state index in [-0.39, 0.29) is 19.0 Å². The normalized spacial score (nSPS) is 13.9. The Morgan fingerprint density at radius 3 is 2.21 bits per heavy atom. The summed E-state index contributed by atoms with van der Waals surface area (Å²) in [7, 11) is 0. The van der Waals surface area contributed by atoms with Crippen LogP contribution in [0.5, 0.6) is 0 Å². The molecule has 0 aliphatic carbocycles. The highest BCUT2D eigenvalue weighted by Crippen LogP contribution is 2.37. The van der Waals surface area contributed by atoms with Crippen LogP contribution < -0.4 is 5.73 Å². The third-order valence-corrected chi connectivity index (χ3v) is 3.31. The molecule has 7 heteroatoms. The van der Waals surface area contributed by atoms with Crippen molar-refractivity contribution in [3.05, 3.63) is 33.8 Å². The summed E-state index contributed by atoms with van der Waals surface area (Å²) in [5.41, 5.74) is 4.81. The molecule has 0 saturated carbocycles. The molecule has 0 aromatic heterocycles. The van der Waals surface area contributed by atoms with E-state index in [1.54, 1.807) is 13.8 Å². The highest BCUT2D eigenvalue weighted by atomic mass is 79.9. The van der Waals surface area contributed by atoms with Crippen molar-refractivity contribution in [1.29, 1.82) is 0 Å². The van der Waals surface area contributed by atoms with Gasteiger partial charge in [0.2, 0.25) is 0 Å². The van der Waals surface area contributed by atoms with Gasteiger partial charge in [0.1, 0.15) is 0 Å². The summed E-state index contributed by atoms with van der Waals surface area (Å²) in [5.74, 6) is 0. The minimum atomic E-state index is -4.42. The molecule has 1 aromatic carbocycles. The van der Waals surface area contributed by atoms with Gasteiger partial charge in [0, 0.05) is 22.5 Å². The molecule has 0 aliphatic rings. The van der Waals surface area contributed by atoms with E-state index in [9.17, 15) is 18.3 Å². The second-order valence-electron chi connectivity index (χ2n) is 4.90. The molecule has 2 nitrogen and oxygen atoms in total. The fourth-order valence-corrected chi connectivity index (χ4v) is 2.02. The maximum atomic E-state index is 12.7. The van der Waals surface area contributed by atoms with Crippen LogP contribution in [0.15, 0.2) is 22.7 Å². The van der Waals surface area contributed by atoms with Crippen LogP contribution in [0.25, 0.3) is 0 Å². The maximum Gasteiger partial charge on any atom is 0.416 e. The molecular weight excluding hydrogens is 346 g/mol. The molecule has 1 atom stereocenters. The standard InChI is InChI=1S/C12H15BrF3NO.ClH/c1-11(2,6-18)10(17)7-3-8(12(14,15)16)5-9(13)4-7;/h3-5,10,18H,6,17H2,1-2H3;1H/t10-;/m0./s1. The van der Waals surface area contributed by atoms with Gasteiger partial charge >= 0.3 is 6.18 Å². The lowest BCUT2D eigenvalue weighted by Gasteiger charge is -2.30. The van der Waals surface area contributed by atoms with E-state index in [0.717, 1.165) is 12.1 Å². The Kier molecular flexibility index (Phi) is 6.33. The lowest BCUT2D eigenvalue weighted by atomic mass is 9.81. The predicted octanol–water partition coefficient (Wildman–Crippen LogP) is 3.91. The van der Waals surface area contributed by atoms with Crippen molar-refractivity contribution < 1.29 is 18.3 Å². The molecule has 0 unspecified atom stereocenters. The van der Waals surface area contributed by atoms with Gasteiger partial charge < -0.3 is 10.8 Å². The zero-order valence-electron chi connectivity index (χ0n) is 10.5. The zero-order valence-corrected chi connectivity index (χ0v) is 12.9. The molecular formula is C12H16BrClF3NO. The Morgan fingerprint density at radius 2 is 1.79 bits per heavy atom. The van der Waals surface area contributed by atoms with Gasteiger partial charge in [-0.3, -0.25) is 0 Å². The number of aliphatic hydroxyl groups excluding tert-OH is 1. The molecule has 1 aromatic rings. The minimum Gasteiger partial charge on any atom is -0.396 e. The van der Waals surface area contributed by atoms with Crippen molar-refractivity contribution in [2.45, 2.75) is 26.1 Å². The fraction of sp³-hybridized carbons (Fsp3) is 0.500. The van der Waals surface area contributed by atoms with E-state index in [0.29, 0.717) is 10.0 Å². The monoisotopic (exact) mass is 361 g/mol. The van der Waals surface area contributed by atoms with E-state index in [4.69, 9.17) is 5.73 Å². The van der Waals surface area contributed by atoms with Crippen LogP contribution in [0.1, 0.15) is 31.0 Å². The fourth-order valence-electron chi connectivity index (χ4n) is 1.51. The molecule has 0 saturated heterocycles. The Balaban J connectivity index is 0.00000324. The Morgan fingerprint density at radius 1 is 1.26 bits per heavy atom. The van der Waals surface area contributed by atoms with Crippen molar-refractivity contribution in [3.63, 3.8) is 0 Å².